The van der Waals surface area contributed by atoms with Crippen LogP contribution in [0.4, 0.5) is 11.5 Å². The number of nitrogen functional groups attached to an aromatic ring is 1. The fraction of sp³-hybridized carbons (Fsp3) is 0.450. The lowest BCUT2D eigenvalue weighted by Crippen LogP contribution is -2.42. The van der Waals surface area contributed by atoms with Crippen molar-refractivity contribution in [3.63, 3.8) is 0 Å². The van der Waals surface area contributed by atoms with Crippen LogP contribution >= 0.6 is 23.2 Å². The van der Waals surface area contributed by atoms with Crippen molar-refractivity contribution in [3.8, 4) is 0 Å². The van der Waals surface area contributed by atoms with Crippen LogP contribution in [0.15, 0.2) is 27.8 Å². The fourth-order valence-electron chi connectivity index (χ4n) is 2.98. The smallest absolute Gasteiger partial charge is 0.330 e. The quantitative estimate of drug-likeness (QED) is 0.655. The van der Waals surface area contributed by atoms with Crippen LogP contribution < -0.4 is 21.9 Å². The van der Waals surface area contributed by atoms with Gasteiger partial charge in [-0.2, -0.15) is 0 Å². The van der Waals surface area contributed by atoms with E-state index in [1.807, 2.05) is 20.8 Å². The first-order valence-electron chi connectivity index (χ1n) is 9.52. The van der Waals surface area contributed by atoms with Crippen LogP contribution in [0.2, 0.25) is 10.0 Å². The van der Waals surface area contributed by atoms with Crippen LogP contribution in [0.1, 0.15) is 39.2 Å². The molecule has 2 aromatic rings. The van der Waals surface area contributed by atoms with Gasteiger partial charge < -0.3 is 10.6 Å². The zero-order chi connectivity index (χ0) is 21.7. The Labute approximate surface area is 179 Å². The maximum Gasteiger partial charge on any atom is 0.330 e. The van der Waals surface area contributed by atoms with E-state index >= 15 is 0 Å². The second kappa shape index (κ2) is 9.98. The molecule has 9 heteroatoms. The molecule has 29 heavy (non-hydrogen) atoms. The number of hydrogen-bond acceptors (Lipinski definition) is 4. The van der Waals surface area contributed by atoms with Crippen molar-refractivity contribution < 1.29 is 4.79 Å². The summed E-state index contributed by atoms with van der Waals surface area (Å²) in [4.78, 5) is 41.5. The first-order valence-corrected chi connectivity index (χ1v) is 10.3. The maximum atomic E-state index is 13.1. The number of hydrogen-bond donors (Lipinski definition) is 2. The van der Waals surface area contributed by atoms with Gasteiger partial charge in [0.15, 0.2) is 5.69 Å². The van der Waals surface area contributed by atoms with Gasteiger partial charge in [-0.1, -0.05) is 56.5 Å². The van der Waals surface area contributed by atoms with Crippen LogP contribution in [-0.2, 0) is 17.8 Å². The molecule has 2 rings (SSSR count). The highest BCUT2D eigenvalue weighted by atomic mass is 35.5. The molecule has 0 bridgehead atoms. The molecule has 0 atom stereocenters. The predicted molar refractivity (Wildman–Crippen MR) is 118 cm³/mol. The summed E-state index contributed by atoms with van der Waals surface area (Å²) in [5, 5.41) is 0.743. The summed E-state index contributed by atoms with van der Waals surface area (Å²) in [6.45, 7) is 6.48. The van der Waals surface area contributed by atoms with Gasteiger partial charge >= 0.3 is 5.69 Å². The Morgan fingerprint density at radius 1 is 1.24 bits per heavy atom. The summed E-state index contributed by atoms with van der Waals surface area (Å²) in [5.74, 6) is -0.195. The number of anilines is 2. The van der Waals surface area contributed by atoms with Crippen LogP contribution in [0.3, 0.4) is 0 Å². The van der Waals surface area contributed by atoms with E-state index in [2.05, 4.69) is 4.98 Å². The van der Waals surface area contributed by atoms with Gasteiger partial charge in [-0.15, -0.1) is 0 Å². The minimum atomic E-state index is -0.675. The van der Waals surface area contributed by atoms with E-state index < -0.39 is 11.2 Å². The molecule has 158 valence electrons. The minimum absolute atomic E-state index is 0.00348. The van der Waals surface area contributed by atoms with Crippen molar-refractivity contribution >= 4 is 40.6 Å². The first-order chi connectivity index (χ1) is 13.6. The van der Waals surface area contributed by atoms with Gasteiger partial charge in [-0.3, -0.25) is 19.1 Å². The first kappa shape index (κ1) is 23.0. The third-order valence-corrected chi connectivity index (χ3v) is 5.15. The molecule has 3 N–H and O–H groups in total. The van der Waals surface area contributed by atoms with Gasteiger partial charge in [0.25, 0.3) is 5.56 Å². The topological polar surface area (TPSA) is 101 Å². The van der Waals surface area contributed by atoms with Crippen molar-refractivity contribution in [2.24, 2.45) is 5.92 Å². The van der Waals surface area contributed by atoms with Crippen molar-refractivity contribution in [1.82, 2.24) is 9.55 Å². The summed E-state index contributed by atoms with van der Waals surface area (Å²) in [6.07, 6.45) is 1.51. The normalized spacial score (nSPS) is 11.1. The number of halogens is 2. The van der Waals surface area contributed by atoms with E-state index in [1.165, 1.54) is 9.47 Å². The average molecular weight is 441 g/mol. The summed E-state index contributed by atoms with van der Waals surface area (Å²) >= 11 is 12.0. The molecule has 1 aromatic carbocycles. The van der Waals surface area contributed by atoms with E-state index in [1.54, 1.807) is 18.2 Å². The molecule has 0 aliphatic rings. The number of rotatable bonds is 8. The van der Waals surface area contributed by atoms with Gasteiger partial charge in [0.2, 0.25) is 5.91 Å². The van der Waals surface area contributed by atoms with Crippen molar-refractivity contribution in [3.05, 3.63) is 54.6 Å². The van der Waals surface area contributed by atoms with E-state index in [-0.39, 0.29) is 29.8 Å². The Bertz CT molecular complexity index is 998. The van der Waals surface area contributed by atoms with Crippen LogP contribution in [0.25, 0.3) is 0 Å². The number of benzene rings is 1. The molecule has 0 aliphatic heterocycles. The number of aromatic nitrogens is 2. The Hall–Kier alpha value is -2.25. The number of carbonyl (C=O) groups is 1. The number of amides is 1. The standard InChI is InChI=1S/C20H26Cl2N4O3/c1-4-5-8-25(16(27)10-13-6-7-14(21)15(22)9-13)17-18(23)26(11-12(2)3)20(29)24-19(17)28/h6-7,9,12H,4-5,8,10-11,23H2,1-3H3,(H,24,28,29). The van der Waals surface area contributed by atoms with E-state index in [0.717, 1.165) is 6.42 Å². The average Bonchev–Trinajstić information content (AvgIpc) is 2.64. The highest BCUT2D eigenvalue weighted by Crippen LogP contribution is 2.24. The zero-order valence-electron chi connectivity index (χ0n) is 16.8. The lowest BCUT2D eigenvalue weighted by atomic mass is 10.1. The minimum Gasteiger partial charge on any atom is -0.383 e. The molecule has 1 heterocycles. The van der Waals surface area contributed by atoms with Gasteiger partial charge in [0.1, 0.15) is 5.82 Å². The van der Waals surface area contributed by atoms with Crippen molar-refractivity contribution in [1.29, 1.82) is 0 Å². The maximum absolute atomic E-state index is 13.1. The monoisotopic (exact) mass is 440 g/mol. The Balaban J connectivity index is 2.48. The summed E-state index contributed by atoms with van der Waals surface area (Å²) in [5.41, 5.74) is 5.60. The van der Waals surface area contributed by atoms with Gasteiger partial charge in [0.05, 0.1) is 16.5 Å². The number of nitrogens with two attached hydrogens (primary N) is 1. The molecule has 1 amide bonds. The summed E-state index contributed by atoms with van der Waals surface area (Å²) in [7, 11) is 0. The van der Waals surface area contributed by atoms with Crippen LogP contribution in [-0.4, -0.2) is 22.0 Å². The van der Waals surface area contributed by atoms with E-state index in [4.69, 9.17) is 28.9 Å². The Morgan fingerprint density at radius 2 is 1.93 bits per heavy atom. The molecule has 7 nitrogen and oxygen atoms in total. The largest absolute Gasteiger partial charge is 0.383 e. The Kier molecular flexibility index (Phi) is 7.93. The van der Waals surface area contributed by atoms with Crippen LogP contribution in [0.5, 0.6) is 0 Å². The summed E-state index contributed by atoms with van der Waals surface area (Å²) < 4.78 is 1.30. The SMILES string of the molecule is CCCCN(C(=O)Cc1ccc(Cl)c(Cl)c1)c1c(N)n(CC(C)C)c(=O)[nH]c1=O. The second-order valence-corrected chi connectivity index (χ2v) is 8.14. The number of unbranched alkanes of at least 4 members (excludes halogenated alkanes) is 1. The molecule has 0 saturated heterocycles. The lowest BCUT2D eigenvalue weighted by molar-refractivity contribution is -0.118. The van der Waals surface area contributed by atoms with Gasteiger partial charge in [0, 0.05) is 13.1 Å². The zero-order valence-corrected chi connectivity index (χ0v) is 18.3. The third kappa shape index (κ3) is 5.64. The molecule has 1 aromatic heterocycles. The summed E-state index contributed by atoms with van der Waals surface area (Å²) in [6, 6.07) is 4.94. The highest BCUT2D eigenvalue weighted by molar-refractivity contribution is 6.42. The molecule has 0 spiro atoms. The number of carbonyl (C=O) groups excluding carboxylic acids is 1. The number of nitrogens with one attached hydrogen (secondary N) is 1. The third-order valence-electron chi connectivity index (χ3n) is 4.41. The molecule has 0 saturated carbocycles. The van der Waals surface area contributed by atoms with E-state index in [0.29, 0.717) is 35.1 Å². The Morgan fingerprint density at radius 3 is 2.52 bits per heavy atom. The molecule has 0 radical (unpaired) electrons. The number of aromatic amines is 1. The highest BCUT2D eigenvalue weighted by Gasteiger charge is 2.24. The van der Waals surface area contributed by atoms with Gasteiger partial charge in [-0.25, -0.2) is 4.79 Å². The number of nitrogens with zero attached hydrogens (tertiary/aromatic N) is 2. The molecular formula is C20H26Cl2N4O3. The van der Waals surface area contributed by atoms with Crippen molar-refractivity contribution in [2.45, 2.75) is 46.6 Å². The van der Waals surface area contributed by atoms with E-state index in [9.17, 15) is 14.4 Å². The lowest BCUT2D eigenvalue weighted by Gasteiger charge is -2.25. The number of H-pyrrole nitrogens is 1. The van der Waals surface area contributed by atoms with Crippen molar-refractivity contribution in [2.75, 3.05) is 17.2 Å². The van der Waals surface area contributed by atoms with Gasteiger partial charge in [-0.05, 0) is 30.0 Å². The molecule has 0 aliphatic carbocycles. The fourth-order valence-corrected chi connectivity index (χ4v) is 3.30. The molecular weight excluding hydrogens is 415 g/mol. The second-order valence-electron chi connectivity index (χ2n) is 7.32. The molecule has 0 unspecified atom stereocenters. The molecule has 0 fully saturated rings. The predicted octanol–water partition coefficient (Wildman–Crippen LogP) is 3.46. The van der Waals surface area contributed by atoms with Crippen LogP contribution in [0, 0.1) is 5.92 Å².